The third-order valence-corrected chi connectivity index (χ3v) is 4.67. The van der Waals surface area contributed by atoms with Gasteiger partial charge in [-0.05, 0) is 43.2 Å². The summed E-state index contributed by atoms with van der Waals surface area (Å²) in [6.07, 6.45) is 3.59. The number of aliphatic carboxylic acids is 1. The van der Waals surface area contributed by atoms with Gasteiger partial charge in [0.2, 0.25) is 5.91 Å². The number of hydrogen-bond acceptors (Lipinski definition) is 4. The number of methoxy groups -OCH3 is 1. The molecule has 0 saturated carbocycles. The summed E-state index contributed by atoms with van der Waals surface area (Å²) in [7, 11) is 1.56. The van der Waals surface area contributed by atoms with Gasteiger partial charge in [-0.3, -0.25) is 9.59 Å². The first-order valence-corrected chi connectivity index (χ1v) is 8.79. The van der Waals surface area contributed by atoms with Crippen LogP contribution >= 0.6 is 0 Å². The predicted octanol–water partition coefficient (Wildman–Crippen LogP) is 2.26. The number of para-hydroxylation sites is 1. The molecular weight excluding hydrogens is 322 g/mol. The summed E-state index contributed by atoms with van der Waals surface area (Å²) in [4.78, 5) is 23.5. The molecule has 25 heavy (non-hydrogen) atoms. The lowest BCUT2D eigenvalue weighted by Crippen LogP contribution is -2.34. The van der Waals surface area contributed by atoms with E-state index in [-0.39, 0.29) is 12.5 Å². The molecule has 0 aliphatic carbocycles. The Labute approximate surface area is 148 Å². The van der Waals surface area contributed by atoms with Crippen molar-refractivity contribution in [3.8, 4) is 5.75 Å². The first kappa shape index (κ1) is 19.2. The molecule has 1 heterocycles. The molecule has 1 amide bonds. The number of hydrogen-bond donors (Lipinski definition) is 2. The van der Waals surface area contributed by atoms with Crippen molar-refractivity contribution in [2.45, 2.75) is 32.1 Å². The summed E-state index contributed by atoms with van der Waals surface area (Å²) in [5.41, 5.74) is 0.828. The Balaban J connectivity index is 1.80. The summed E-state index contributed by atoms with van der Waals surface area (Å²) in [5.74, 6) is -0.486. The third-order valence-electron chi connectivity index (χ3n) is 4.67. The van der Waals surface area contributed by atoms with Gasteiger partial charge >= 0.3 is 5.97 Å². The highest BCUT2D eigenvalue weighted by Gasteiger charge is 2.21. The van der Waals surface area contributed by atoms with E-state index in [9.17, 15) is 14.7 Å². The summed E-state index contributed by atoms with van der Waals surface area (Å²) in [6, 6.07) is 7.35. The van der Waals surface area contributed by atoms with Crippen molar-refractivity contribution >= 4 is 11.9 Å². The van der Waals surface area contributed by atoms with Gasteiger partial charge in [-0.1, -0.05) is 18.2 Å². The number of carboxylic acid groups (broad SMARTS) is 1. The largest absolute Gasteiger partial charge is 0.496 e. The fraction of sp³-hybridized carbons (Fsp3) is 0.579. The molecule has 0 aromatic heterocycles. The number of carboxylic acids is 1. The van der Waals surface area contributed by atoms with E-state index in [2.05, 4.69) is 5.32 Å². The van der Waals surface area contributed by atoms with E-state index in [0.29, 0.717) is 24.5 Å². The predicted molar refractivity (Wildman–Crippen MR) is 93.6 cm³/mol. The fourth-order valence-corrected chi connectivity index (χ4v) is 3.08. The van der Waals surface area contributed by atoms with Gasteiger partial charge in [0, 0.05) is 26.2 Å². The number of rotatable bonds is 9. The van der Waals surface area contributed by atoms with Crippen molar-refractivity contribution in [3.63, 3.8) is 0 Å². The number of amides is 1. The molecule has 0 radical (unpaired) electrons. The molecule has 1 aliphatic heterocycles. The van der Waals surface area contributed by atoms with E-state index in [4.69, 9.17) is 9.47 Å². The number of nitrogens with one attached hydrogen (secondary N) is 1. The minimum Gasteiger partial charge on any atom is -0.496 e. The molecule has 1 atom stereocenters. The van der Waals surface area contributed by atoms with E-state index in [1.165, 1.54) is 0 Å². The number of carbonyl (C=O) groups excluding carboxylic acids is 1. The Morgan fingerprint density at radius 1 is 1.32 bits per heavy atom. The van der Waals surface area contributed by atoms with Gasteiger partial charge in [-0.25, -0.2) is 0 Å². The second-order valence-electron chi connectivity index (χ2n) is 6.45. The Morgan fingerprint density at radius 3 is 2.72 bits per heavy atom. The lowest BCUT2D eigenvalue weighted by molar-refractivity contribution is -0.141. The van der Waals surface area contributed by atoms with E-state index >= 15 is 0 Å². The average Bonchev–Trinajstić information content (AvgIpc) is 2.64. The lowest BCUT2D eigenvalue weighted by atomic mass is 9.94. The van der Waals surface area contributed by atoms with Gasteiger partial charge in [0.05, 0.1) is 13.0 Å². The van der Waals surface area contributed by atoms with Crippen LogP contribution in [0.25, 0.3) is 0 Å². The summed E-state index contributed by atoms with van der Waals surface area (Å²) in [6.45, 7) is 1.67. The van der Waals surface area contributed by atoms with Gasteiger partial charge < -0.3 is 19.9 Å². The van der Waals surface area contributed by atoms with Crippen molar-refractivity contribution in [1.82, 2.24) is 5.32 Å². The lowest BCUT2D eigenvalue weighted by Gasteiger charge is -2.21. The van der Waals surface area contributed by atoms with Gasteiger partial charge in [0.25, 0.3) is 0 Å². The van der Waals surface area contributed by atoms with Crippen LogP contribution in [0.2, 0.25) is 0 Å². The van der Waals surface area contributed by atoms with Crippen LogP contribution in [0.1, 0.15) is 31.2 Å². The molecule has 0 spiro atoms. The summed E-state index contributed by atoms with van der Waals surface area (Å²) in [5, 5.41) is 12.2. The number of benzene rings is 1. The molecule has 1 aliphatic rings. The molecule has 0 bridgehead atoms. The van der Waals surface area contributed by atoms with Gasteiger partial charge in [-0.15, -0.1) is 0 Å². The molecule has 1 saturated heterocycles. The maximum atomic E-state index is 12.0. The van der Waals surface area contributed by atoms with Crippen molar-refractivity contribution in [2.24, 2.45) is 11.8 Å². The summed E-state index contributed by atoms with van der Waals surface area (Å²) < 4.78 is 10.6. The van der Waals surface area contributed by atoms with Gasteiger partial charge in [-0.2, -0.15) is 0 Å². The number of carbonyl (C=O) groups is 2. The zero-order chi connectivity index (χ0) is 18.1. The summed E-state index contributed by atoms with van der Waals surface area (Å²) >= 11 is 0. The molecule has 1 unspecified atom stereocenters. The third kappa shape index (κ3) is 6.38. The van der Waals surface area contributed by atoms with Crippen molar-refractivity contribution in [3.05, 3.63) is 29.8 Å². The molecule has 1 aromatic rings. The minimum atomic E-state index is -0.921. The Hall–Kier alpha value is -2.08. The fourth-order valence-electron chi connectivity index (χ4n) is 3.08. The van der Waals surface area contributed by atoms with E-state index in [1.54, 1.807) is 13.2 Å². The molecule has 2 rings (SSSR count). The van der Waals surface area contributed by atoms with Crippen molar-refractivity contribution in [2.75, 3.05) is 26.9 Å². The molecule has 1 aromatic carbocycles. The van der Waals surface area contributed by atoms with Crippen LogP contribution in [0, 0.1) is 11.8 Å². The van der Waals surface area contributed by atoms with E-state index < -0.39 is 11.9 Å². The van der Waals surface area contributed by atoms with E-state index in [0.717, 1.165) is 38.0 Å². The first-order chi connectivity index (χ1) is 12.1. The first-order valence-electron chi connectivity index (χ1n) is 8.79. The quantitative estimate of drug-likeness (QED) is 0.714. The van der Waals surface area contributed by atoms with Crippen LogP contribution in [0.15, 0.2) is 24.3 Å². The maximum absolute atomic E-state index is 12.0. The van der Waals surface area contributed by atoms with Crippen LogP contribution < -0.4 is 10.1 Å². The molecule has 1 fully saturated rings. The molecular formula is C19H27NO5. The van der Waals surface area contributed by atoms with Crippen molar-refractivity contribution in [1.29, 1.82) is 0 Å². The Kier molecular flexibility index (Phi) is 7.73. The normalized spacial score (nSPS) is 16.2. The Morgan fingerprint density at radius 2 is 2.04 bits per heavy atom. The van der Waals surface area contributed by atoms with E-state index in [1.807, 2.05) is 18.2 Å². The monoisotopic (exact) mass is 349 g/mol. The van der Waals surface area contributed by atoms with Crippen LogP contribution in [0.5, 0.6) is 5.75 Å². The zero-order valence-corrected chi connectivity index (χ0v) is 14.7. The van der Waals surface area contributed by atoms with Crippen molar-refractivity contribution < 1.29 is 24.2 Å². The SMILES string of the molecule is COc1ccccc1CC(CNC(=O)CCC1CCOCC1)C(=O)O. The standard InChI is InChI=1S/C19H27NO5/c1-24-17-5-3-2-4-15(17)12-16(19(22)23)13-20-18(21)7-6-14-8-10-25-11-9-14/h2-5,14,16H,6-13H2,1H3,(H,20,21)(H,22,23). The van der Waals surface area contributed by atoms with Crippen LogP contribution in [-0.2, 0) is 20.7 Å². The van der Waals surface area contributed by atoms with Crippen LogP contribution in [0.3, 0.4) is 0 Å². The molecule has 6 heteroatoms. The maximum Gasteiger partial charge on any atom is 0.308 e. The molecule has 2 N–H and O–H groups in total. The zero-order valence-electron chi connectivity index (χ0n) is 14.7. The Bertz CT molecular complexity index is 569. The second-order valence-corrected chi connectivity index (χ2v) is 6.45. The van der Waals surface area contributed by atoms with Gasteiger partial charge in [0.15, 0.2) is 0 Å². The molecule has 6 nitrogen and oxygen atoms in total. The van der Waals surface area contributed by atoms with Gasteiger partial charge in [0.1, 0.15) is 5.75 Å². The second kappa shape index (κ2) is 10.0. The average molecular weight is 349 g/mol. The van der Waals surface area contributed by atoms with Crippen LogP contribution in [0.4, 0.5) is 0 Å². The highest BCUT2D eigenvalue weighted by molar-refractivity contribution is 5.77. The molecule has 138 valence electrons. The number of ether oxygens (including phenoxy) is 2. The highest BCUT2D eigenvalue weighted by atomic mass is 16.5. The minimum absolute atomic E-state index is 0.0854. The smallest absolute Gasteiger partial charge is 0.308 e. The highest BCUT2D eigenvalue weighted by Crippen LogP contribution is 2.22. The topological polar surface area (TPSA) is 84.9 Å². The van der Waals surface area contributed by atoms with Crippen LogP contribution in [-0.4, -0.2) is 43.9 Å².